The normalized spacial score (nSPS) is 18.3. The molecule has 1 aliphatic rings. The Hall–Kier alpha value is -2.67. The standard InChI is InChI=1S/C22H29N5OS/c1-12(2)16-8-7-9-17(13(3)4)20(16)27-15(6)25-14(5)10-19(27)26-22-24-11-18(29-22)21(23)28/h7-13,15,25H,1-6H3,(H2,23,28). The van der Waals surface area contributed by atoms with Gasteiger partial charge in [-0.1, -0.05) is 57.2 Å². The van der Waals surface area contributed by atoms with Gasteiger partial charge in [0.05, 0.1) is 11.9 Å². The van der Waals surface area contributed by atoms with Crippen LogP contribution >= 0.6 is 11.3 Å². The van der Waals surface area contributed by atoms with Crippen LogP contribution in [0.5, 0.6) is 0 Å². The first kappa shape index (κ1) is 21.0. The molecule has 3 N–H and O–H groups in total. The molecule has 2 heterocycles. The molecule has 29 heavy (non-hydrogen) atoms. The zero-order valence-electron chi connectivity index (χ0n) is 17.9. The Bertz CT molecular complexity index is 947. The topological polar surface area (TPSA) is 83.6 Å². The molecule has 0 aliphatic carbocycles. The molecular formula is C22H29N5OS. The van der Waals surface area contributed by atoms with Crippen molar-refractivity contribution in [1.29, 1.82) is 0 Å². The number of para-hydroxylation sites is 1. The Morgan fingerprint density at radius 2 is 1.86 bits per heavy atom. The number of benzene rings is 1. The summed E-state index contributed by atoms with van der Waals surface area (Å²) in [5, 5.41) is 4.03. The third-order valence-electron chi connectivity index (χ3n) is 4.95. The molecule has 0 radical (unpaired) electrons. The van der Waals surface area contributed by atoms with Crippen molar-refractivity contribution in [3.05, 3.63) is 52.2 Å². The zero-order chi connectivity index (χ0) is 21.3. The number of nitrogens with zero attached hydrogens (tertiary/aromatic N) is 3. The van der Waals surface area contributed by atoms with E-state index < -0.39 is 5.91 Å². The predicted octanol–water partition coefficient (Wildman–Crippen LogP) is 4.88. The quantitative estimate of drug-likeness (QED) is 0.734. The van der Waals surface area contributed by atoms with E-state index in [0.29, 0.717) is 21.8 Å². The third-order valence-corrected chi connectivity index (χ3v) is 5.85. The maximum Gasteiger partial charge on any atom is 0.260 e. The second-order valence-electron chi connectivity index (χ2n) is 7.95. The van der Waals surface area contributed by atoms with Gasteiger partial charge in [0, 0.05) is 5.70 Å². The number of anilines is 1. The molecule has 0 saturated carbocycles. The maximum absolute atomic E-state index is 11.4. The highest BCUT2D eigenvalue weighted by atomic mass is 32.1. The van der Waals surface area contributed by atoms with Crippen molar-refractivity contribution in [2.24, 2.45) is 10.7 Å². The molecule has 0 saturated heterocycles. The number of carbonyl (C=O) groups is 1. The van der Waals surface area contributed by atoms with Gasteiger partial charge in [-0.25, -0.2) is 9.98 Å². The highest BCUT2D eigenvalue weighted by Crippen LogP contribution is 2.38. The van der Waals surface area contributed by atoms with Crippen LogP contribution in [0, 0.1) is 0 Å². The average molecular weight is 412 g/mol. The summed E-state index contributed by atoms with van der Waals surface area (Å²) in [6.07, 6.45) is 3.53. The molecule has 1 aromatic carbocycles. The number of rotatable bonds is 5. The number of nitrogens with one attached hydrogen (secondary N) is 1. The fraction of sp³-hybridized carbons (Fsp3) is 0.409. The van der Waals surface area contributed by atoms with Gasteiger partial charge in [-0.05, 0) is 42.9 Å². The van der Waals surface area contributed by atoms with E-state index in [2.05, 4.69) is 68.0 Å². The maximum atomic E-state index is 11.4. The van der Waals surface area contributed by atoms with Gasteiger partial charge in [0.2, 0.25) is 5.13 Å². The summed E-state index contributed by atoms with van der Waals surface area (Å²) >= 11 is 1.21. The van der Waals surface area contributed by atoms with E-state index in [-0.39, 0.29) is 6.17 Å². The van der Waals surface area contributed by atoms with Gasteiger partial charge in [-0.3, -0.25) is 4.79 Å². The summed E-state index contributed by atoms with van der Waals surface area (Å²) in [4.78, 5) is 23.2. The molecule has 154 valence electrons. The van der Waals surface area contributed by atoms with Gasteiger partial charge in [-0.15, -0.1) is 0 Å². The predicted molar refractivity (Wildman–Crippen MR) is 121 cm³/mol. The van der Waals surface area contributed by atoms with E-state index in [1.165, 1.54) is 34.3 Å². The highest BCUT2D eigenvalue weighted by Gasteiger charge is 2.29. The Balaban J connectivity index is 2.20. The number of hydrogen-bond donors (Lipinski definition) is 2. The Morgan fingerprint density at radius 3 is 2.38 bits per heavy atom. The molecule has 7 heteroatoms. The van der Waals surface area contributed by atoms with Gasteiger partial charge < -0.3 is 16.0 Å². The number of aliphatic imine (C=N–C) groups is 1. The lowest BCUT2D eigenvalue weighted by atomic mass is 9.91. The van der Waals surface area contributed by atoms with Gasteiger partial charge in [0.15, 0.2) is 0 Å². The minimum Gasteiger partial charge on any atom is -0.369 e. The summed E-state index contributed by atoms with van der Waals surface area (Å²) in [7, 11) is 0. The summed E-state index contributed by atoms with van der Waals surface area (Å²) < 4.78 is 0. The molecule has 1 aromatic heterocycles. The number of aromatic nitrogens is 1. The number of amides is 1. The molecule has 1 aliphatic heterocycles. The van der Waals surface area contributed by atoms with Gasteiger partial charge >= 0.3 is 0 Å². The SMILES string of the molecule is CC1=CC(=Nc2ncc(C(N)=O)s2)N(c2c(C(C)C)cccc2C(C)C)C(C)N1. The van der Waals surface area contributed by atoms with Crippen LogP contribution in [0.2, 0.25) is 0 Å². The summed E-state index contributed by atoms with van der Waals surface area (Å²) in [5.74, 6) is 1.05. The number of nitrogens with two attached hydrogens (primary N) is 1. The monoisotopic (exact) mass is 411 g/mol. The van der Waals surface area contributed by atoms with Crippen LogP contribution in [0.1, 0.15) is 74.2 Å². The lowest BCUT2D eigenvalue weighted by molar-refractivity contribution is 0.100. The van der Waals surface area contributed by atoms with Crippen LogP contribution in [0.15, 0.2) is 41.2 Å². The second-order valence-corrected chi connectivity index (χ2v) is 8.96. The largest absolute Gasteiger partial charge is 0.369 e. The van der Waals surface area contributed by atoms with Crippen molar-refractivity contribution in [3.8, 4) is 0 Å². The molecule has 2 aromatic rings. The van der Waals surface area contributed by atoms with E-state index >= 15 is 0 Å². The fourth-order valence-corrected chi connectivity index (χ4v) is 4.26. The third kappa shape index (κ3) is 4.34. The van der Waals surface area contributed by atoms with Crippen LogP contribution in [0.25, 0.3) is 0 Å². The van der Waals surface area contributed by atoms with Crippen molar-refractivity contribution in [3.63, 3.8) is 0 Å². The van der Waals surface area contributed by atoms with Crippen LogP contribution < -0.4 is 16.0 Å². The molecule has 0 bridgehead atoms. The van der Waals surface area contributed by atoms with Crippen molar-refractivity contribution >= 4 is 33.9 Å². The number of hydrogen-bond acceptors (Lipinski definition) is 5. The highest BCUT2D eigenvalue weighted by molar-refractivity contribution is 7.17. The molecule has 0 fully saturated rings. The lowest BCUT2D eigenvalue weighted by Gasteiger charge is -2.39. The first-order valence-electron chi connectivity index (χ1n) is 9.90. The molecule has 3 rings (SSSR count). The van der Waals surface area contributed by atoms with Crippen LogP contribution in [-0.2, 0) is 0 Å². The minimum atomic E-state index is -0.483. The zero-order valence-corrected chi connectivity index (χ0v) is 18.7. The number of thiazole rings is 1. The smallest absolute Gasteiger partial charge is 0.260 e. The average Bonchev–Trinajstić information content (AvgIpc) is 3.09. The summed E-state index contributed by atoms with van der Waals surface area (Å²) in [5.41, 5.74) is 10.2. The first-order chi connectivity index (χ1) is 13.7. The van der Waals surface area contributed by atoms with Crippen molar-refractivity contribution in [2.45, 2.75) is 59.5 Å². The molecule has 6 nitrogen and oxygen atoms in total. The second kappa shape index (κ2) is 8.37. The van der Waals surface area contributed by atoms with E-state index in [1.54, 1.807) is 0 Å². The van der Waals surface area contributed by atoms with Crippen molar-refractivity contribution < 1.29 is 4.79 Å². The Morgan fingerprint density at radius 1 is 1.24 bits per heavy atom. The Labute approximate surface area is 176 Å². The van der Waals surface area contributed by atoms with E-state index in [9.17, 15) is 4.79 Å². The number of amidine groups is 1. The first-order valence-corrected chi connectivity index (χ1v) is 10.7. The molecule has 1 atom stereocenters. The van der Waals surface area contributed by atoms with E-state index in [1.807, 2.05) is 13.0 Å². The van der Waals surface area contributed by atoms with Gasteiger partial charge in [0.25, 0.3) is 5.91 Å². The molecule has 0 spiro atoms. The lowest BCUT2D eigenvalue weighted by Crippen LogP contribution is -2.50. The summed E-state index contributed by atoms with van der Waals surface area (Å²) in [6, 6.07) is 6.51. The molecular weight excluding hydrogens is 382 g/mol. The summed E-state index contributed by atoms with van der Waals surface area (Å²) in [6.45, 7) is 13.0. The van der Waals surface area contributed by atoms with Crippen LogP contribution in [0.4, 0.5) is 10.8 Å². The van der Waals surface area contributed by atoms with Crippen molar-refractivity contribution in [1.82, 2.24) is 10.3 Å². The van der Waals surface area contributed by atoms with Crippen LogP contribution in [0.3, 0.4) is 0 Å². The van der Waals surface area contributed by atoms with Crippen molar-refractivity contribution in [2.75, 3.05) is 4.90 Å². The van der Waals surface area contributed by atoms with Gasteiger partial charge in [0.1, 0.15) is 16.9 Å². The number of allylic oxidation sites excluding steroid dienone is 1. The molecule has 1 amide bonds. The Kier molecular flexibility index (Phi) is 6.07. The minimum absolute atomic E-state index is 0.0201. The van der Waals surface area contributed by atoms with E-state index in [0.717, 1.165) is 11.5 Å². The van der Waals surface area contributed by atoms with Crippen LogP contribution in [-0.4, -0.2) is 22.9 Å². The fourth-order valence-electron chi connectivity index (χ4n) is 3.61. The van der Waals surface area contributed by atoms with E-state index in [4.69, 9.17) is 10.7 Å². The number of primary amides is 1. The number of carbonyl (C=O) groups excluding carboxylic acids is 1. The van der Waals surface area contributed by atoms with Gasteiger partial charge in [-0.2, -0.15) is 0 Å². The molecule has 1 unspecified atom stereocenters.